The molecule has 0 aromatic rings. The molecule has 1 rings (SSSR count). The maximum absolute atomic E-state index is 11.5. The predicted octanol–water partition coefficient (Wildman–Crippen LogP) is 1.76. The molecule has 0 radical (unpaired) electrons. The van der Waals surface area contributed by atoms with Crippen LogP contribution in [-0.2, 0) is 4.79 Å². The van der Waals surface area contributed by atoms with E-state index in [1.54, 1.807) is 11.8 Å². The van der Waals surface area contributed by atoms with Gasteiger partial charge in [0.05, 0.1) is 0 Å². The van der Waals surface area contributed by atoms with Crippen molar-refractivity contribution in [2.24, 2.45) is 4.99 Å². The van der Waals surface area contributed by atoms with E-state index >= 15 is 0 Å². The molecule has 2 N–H and O–H groups in total. The minimum Gasteiger partial charge on any atom is -0.360 e. The summed E-state index contributed by atoms with van der Waals surface area (Å²) in [4.78, 5) is 15.8. The van der Waals surface area contributed by atoms with Crippen molar-refractivity contribution in [3.05, 3.63) is 0 Å². The summed E-state index contributed by atoms with van der Waals surface area (Å²) in [5.41, 5.74) is 0.138. The van der Waals surface area contributed by atoms with E-state index in [2.05, 4.69) is 29.5 Å². The van der Waals surface area contributed by atoms with Crippen LogP contribution in [-0.4, -0.2) is 35.0 Å². The molecule has 1 heterocycles. The van der Waals surface area contributed by atoms with Crippen LogP contribution in [0.2, 0.25) is 0 Å². The zero-order chi connectivity index (χ0) is 12.9. The fourth-order valence-corrected chi connectivity index (χ4v) is 2.81. The number of rotatable bonds is 4. The van der Waals surface area contributed by atoms with Crippen LogP contribution in [0, 0.1) is 0 Å². The molecule has 1 saturated heterocycles. The second-order valence-corrected chi connectivity index (χ2v) is 6.06. The van der Waals surface area contributed by atoms with Crippen LogP contribution in [0.3, 0.4) is 0 Å². The first-order valence-corrected chi connectivity index (χ1v) is 7.18. The van der Waals surface area contributed by atoms with Crippen LogP contribution in [0.15, 0.2) is 4.99 Å². The molecular weight excluding hydrogens is 234 g/mol. The molecule has 0 spiro atoms. The molecule has 1 fully saturated rings. The summed E-state index contributed by atoms with van der Waals surface area (Å²) in [5.74, 6) is 1.06. The number of hydrogen-bond acceptors (Lipinski definition) is 3. The van der Waals surface area contributed by atoms with Gasteiger partial charge in [0.1, 0.15) is 6.54 Å². The monoisotopic (exact) mass is 257 g/mol. The Kier molecular flexibility index (Phi) is 5.31. The Balaban J connectivity index is 2.47. The van der Waals surface area contributed by atoms with Gasteiger partial charge in [0.15, 0.2) is 5.17 Å². The number of thioether (sulfide) groups is 1. The third kappa shape index (κ3) is 4.98. The first-order chi connectivity index (χ1) is 7.95. The molecule has 4 nitrogen and oxygen atoms in total. The fraction of sp³-hybridized carbons (Fsp3) is 0.833. The smallest absolute Gasteiger partial charge is 0.241 e. The molecule has 5 heteroatoms. The van der Waals surface area contributed by atoms with Crippen LogP contribution >= 0.6 is 11.8 Å². The van der Waals surface area contributed by atoms with Gasteiger partial charge >= 0.3 is 0 Å². The van der Waals surface area contributed by atoms with Gasteiger partial charge in [0, 0.05) is 17.3 Å². The Morgan fingerprint density at radius 1 is 1.65 bits per heavy atom. The molecule has 0 aromatic carbocycles. The molecule has 0 aromatic heterocycles. The van der Waals surface area contributed by atoms with Crippen molar-refractivity contribution in [3.8, 4) is 0 Å². The standard InChI is InChI=1S/C12H23N3OS/c1-5-12(4)6-7-17-11(15-12)13-8-10(16)14-9(2)3/h9H,5-8H2,1-4H3,(H,13,15)(H,14,16). The zero-order valence-electron chi connectivity index (χ0n) is 11.2. The average molecular weight is 257 g/mol. The number of nitrogens with zero attached hydrogens (tertiary/aromatic N) is 1. The van der Waals surface area contributed by atoms with Crippen LogP contribution in [0.1, 0.15) is 40.5 Å². The lowest BCUT2D eigenvalue weighted by Gasteiger charge is -2.35. The molecule has 0 aliphatic carbocycles. The van der Waals surface area contributed by atoms with Crippen LogP contribution in [0.25, 0.3) is 0 Å². The van der Waals surface area contributed by atoms with E-state index in [0.717, 1.165) is 23.8 Å². The summed E-state index contributed by atoms with van der Waals surface area (Å²) in [5, 5.41) is 7.16. The van der Waals surface area contributed by atoms with E-state index in [4.69, 9.17) is 0 Å². The first-order valence-electron chi connectivity index (χ1n) is 6.20. The maximum Gasteiger partial charge on any atom is 0.241 e. The topological polar surface area (TPSA) is 53.5 Å². The van der Waals surface area contributed by atoms with E-state index in [1.165, 1.54) is 0 Å². The van der Waals surface area contributed by atoms with Crippen molar-refractivity contribution in [3.63, 3.8) is 0 Å². The summed E-state index contributed by atoms with van der Waals surface area (Å²) in [6.45, 7) is 8.50. The van der Waals surface area contributed by atoms with Crippen molar-refractivity contribution in [2.45, 2.75) is 52.1 Å². The zero-order valence-corrected chi connectivity index (χ0v) is 12.0. The molecule has 0 bridgehead atoms. The molecule has 1 aliphatic rings. The van der Waals surface area contributed by atoms with Crippen molar-refractivity contribution >= 4 is 22.8 Å². The molecule has 1 unspecified atom stereocenters. The minimum atomic E-state index is -0.0151. The minimum absolute atomic E-state index is 0.0151. The van der Waals surface area contributed by atoms with Crippen LogP contribution < -0.4 is 10.6 Å². The van der Waals surface area contributed by atoms with Crippen molar-refractivity contribution in [1.29, 1.82) is 0 Å². The SMILES string of the molecule is CCC1(C)CCSC(=NCC(=O)NC(C)C)N1. The number of carbonyl (C=O) groups excluding carboxylic acids is 1. The van der Waals surface area contributed by atoms with Gasteiger partial charge in [-0.2, -0.15) is 0 Å². The largest absolute Gasteiger partial charge is 0.360 e. The fourth-order valence-electron chi connectivity index (χ4n) is 1.59. The number of hydrogen-bond donors (Lipinski definition) is 2. The molecule has 1 amide bonds. The van der Waals surface area contributed by atoms with E-state index in [0.29, 0.717) is 0 Å². The number of aliphatic imine (C=N–C) groups is 1. The second-order valence-electron chi connectivity index (χ2n) is 4.98. The van der Waals surface area contributed by atoms with Crippen molar-refractivity contribution in [1.82, 2.24) is 10.6 Å². The van der Waals surface area contributed by atoms with E-state index in [9.17, 15) is 4.79 Å². The highest BCUT2D eigenvalue weighted by molar-refractivity contribution is 8.13. The lowest BCUT2D eigenvalue weighted by Crippen LogP contribution is -2.48. The number of carbonyl (C=O) groups is 1. The second kappa shape index (κ2) is 6.28. The highest BCUT2D eigenvalue weighted by Crippen LogP contribution is 2.24. The molecule has 17 heavy (non-hydrogen) atoms. The lowest BCUT2D eigenvalue weighted by molar-refractivity contribution is -0.120. The molecule has 1 atom stereocenters. The highest BCUT2D eigenvalue weighted by atomic mass is 32.2. The number of nitrogens with one attached hydrogen (secondary N) is 2. The van der Waals surface area contributed by atoms with Gasteiger partial charge in [0.25, 0.3) is 0 Å². The van der Waals surface area contributed by atoms with Gasteiger partial charge in [-0.1, -0.05) is 18.7 Å². The lowest BCUT2D eigenvalue weighted by atomic mass is 9.96. The summed E-state index contributed by atoms with van der Waals surface area (Å²) in [7, 11) is 0. The van der Waals surface area contributed by atoms with Gasteiger partial charge in [0.2, 0.25) is 5.91 Å². The molecule has 98 valence electrons. The Bertz CT molecular complexity index is 304. The predicted molar refractivity (Wildman–Crippen MR) is 74.5 cm³/mol. The van der Waals surface area contributed by atoms with Gasteiger partial charge in [-0.15, -0.1) is 0 Å². The van der Waals surface area contributed by atoms with Crippen molar-refractivity contribution in [2.75, 3.05) is 12.3 Å². The van der Waals surface area contributed by atoms with Gasteiger partial charge in [-0.05, 0) is 33.6 Å². The summed E-state index contributed by atoms with van der Waals surface area (Å²) in [6.07, 6.45) is 2.22. The van der Waals surface area contributed by atoms with Crippen LogP contribution in [0.4, 0.5) is 0 Å². The molecule has 0 saturated carbocycles. The van der Waals surface area contributed by atoms with Gasteiger partial charge in [-0.3, -0.25) is 9.79 Å². The van der Waals surface area contributed by atoms with Crippen molar-refractivity contribution < 1.29 is 4.79 Å². The van der Waals surface area contributed by atoms with E-state index in [-0.39, 0.29) is 24.0 Å². The number of amides is 1. The highest BCUT2D eigenvalue weighted by Gasteiger charge is 2.27. The summed E-state index contributed by atoms with van der Waals surface area (Å²) in [6, 6.07) is 0.176. The Labute approximate surface area is 108 Å². The summed E-state index contributed by atoms with van der Waals surface area (Å²) >= 11 is 1.70. The Hall–Kier alpha value is -0.710. The van der Waals surface area contributed by atoms with Gasteiger partial charge < -0.3 is 10.6 Å². The quantitative estimate of drug-likeness (QED) is 0.807. The molecular formula is C12H23N3OS. The summed E-state index contributed by atoms with van der Waals surface area (Å²) < 4.78 is 0. The van der Waals surface area contributed by atoms with Gasteiger partial charge in [-0.25, -0.2) is 0 Å². The normalized spacial score (nSPS) is 27.0. The average Bonchev–Trinajstić information content (AvgIpc) is 2.26. The van der Waals surface area contributed by atoms with E-state index in [1.807, 2.05) is 13.8 Å². The van der Waals surface area contributed by atoms with Crippen LogP contribution in [0.5, 0.6) is 0 Å². The Morgan fingerprint density at radius 3 is 2.94 bits per heavy atom. The third-order valence-electron chi connectivity index (χ3n) is 2.90. The molecule has 1 aliphatic heterocycles. The number of amidine groups is 1. The maximum atomic E-state index is 11.5. The van der Waals surface area contributed by atoms with E-state index < -0.39 is 0 Å². The first kappa shape index (κ1) is 14.4. The Morgan fingerprint density at radius 2 is 2.35 bits per heavy atom. The third-order valence-corrected chi connectivity index (χ3v) is 3.81.